The molecule has 0 aromatic carbocycles. The summed E-state index contributed by atoms with van der Waals surface area (Å²) in [7, 11) is 0. The highest BCUT2D eigenvalue weighted by molar-refractivity contribution is 5.07. The van der Waals surface area contributed by atoms with Crippen LogP contribution in [0.4, 0.5) is 13.2 Å². The van der Waals surface area contributed by atoms with Crippen molar-refractivity contribution in [3.63, 3.8) is 0 Å². The van der Waals surface area contributed by atoms with Gasteiger partial charge in [0.1, 0.15) is 5.54 Å². The first-order valence-corrected chi connectivity index (χ1v) is 5.42. The number of halogens is 3. The fourth-order valence-corrected chi connectivity index (χ4v) is 1.75. The second-order valence-corrected chi connectivity index (χ2v) is 4.24. The summed E-state index contributed by atoms with van der Waals surface area (Å²) in [6, 6.07) is 4.67. The Bertz CT molecular complexity index is 449. The van der Waals surface area contributed by atoms with Crippen molar-refractivity contribution >= 4 is 0 Å². The van der Waals surface area contributed by atoms with Gasteiger partial charge in [0, 0.05) is 25.4 Å². The molecule has 2 rings (SSSR count). The van der Waals surface area contributed by atoms with Gasteiger partial charge in [0.05, 0.1) is 0 Å². The summed E-state index contributed by atoms with van der Waals surface area (Å²) in [6.45, 7) is 0.390. The van der Waals surface area contributed by atoms with Gasteiger partial charge in [-0.2, -0.15) is 13.2 Å². The predicted molar refractivity (Wildman–Crippen MR) is 56.7 cm³/mol. The molecule has 6 heteroatoms. The molecule has 1 saturated carbocycles. The van der Waals surface area contributed by atoms with E-state index >= 15 is 0 Å². The molecule has 1 N–H and O–H groups in total. The molecule has 0 amide bonds. The molecule has 0 radical (unpaired) electrons. The zero-order valence-electron chi connectivity index (χ0n) is 9.13. The molecule has 1 heterocycles. The summed E-state index contributed by atoms with van der Waals surface area (Å²) in [5, 5.41) is 2.50. The highest BCUT2D eigenvalue weighted by Gasteiger charge is 2.62. The lowest BCUT2D eigenvalue weighted by atomic mass is 10.2. The fraction of sp³-hybridized carbons (Fsp3) is 0.545. The average molecular weight is 246 g/mol. The predicted octanol–water partition coefficient (Wildman–Crippen LogP) is 1.53. The topological polar surface area (TPSA) is 34.0 Å². The van der Waals surface area contributed by atoms with E-state index in [4.69, 9.17) is 0 Å². The standard InChI is InChI=1S/C11H13F3N2O/c12-11(13,14)10(4-5-10)15-6-8-16-7-2-1-3-9(16)17/h1-3,7,15H,4-6,8H2. The van der Waals surface area contributed by atoms with Gasteiger partial charge in [-0.3, -0.25) is 4.79 Å². The smallest absolute Gasteiger partial charge is 0.314 e. The molecule has 1 fully saturated rings. The lowest BCUT2D eigenvalue weighted by Crippen LogP contribution is -2.46. The Morgan fingerprint density at radius 2 is 2.06 bits per heavy atom. The number of nitrogens with zero attached hydrogens (tertiary/aromatic N) is 1. The Labute approximate surface area is 96.3 Å². The highest BCUT2D eigenvalue weighted by Crippen LogP contribution is 2.48. The van der Waals surface area contributed by atoms with Gasteiger partial charge in [0.25, 0.3) is 5.56 Å². The molecule has 0 spiro atoms. The van der Waals surface area contributed by atoms with E-state index in [1.54, 1.807) is 18.3 Å². The van der Waals surface area contributed by atoms with Crippen LogP contribution in [-0.4, -0.2) is 22.8 Å². The molecule has 1 aromatic rings. The van der Waals surface area contributed by atoms with E-state index in [-0.39, 0.29) is 31.5 Å². The van der Waals surface area contributed by atoms with Crippen LogP contribution >= 0.6 is 0 Å². The number of pyridine rings is 1. The van der Waals surface area contributed by atoms with Gasteiger partial charge in [-0.15, -0.1) is 0 Å². The molecule has 94 valence electrons. The number of hydrogen-bond donors (Lipinski definition) is 1. The Balaban J connectivity index is 1.89. The Kier molecular flexibility index (Phi) is 2.99. The summed E-state index contributed by atoms with van der Waals surface area (Å²) < 4.78 is 39.1. The van der Waals surface area contributed by atoms with Crippen LogP contribution < -0.4 is 10.9 Å². The van der Waals surface area contributed by atoms with Crippen LogP contribution in [0.15, 0.2) is 29.2 Å². The zero-order valence-corrected chi connectivity index (χ0v) is 9.13. The summed E-state index contributed by atoms with van der Waals surface area (Å²) in [6.07, 6.45) is -2.38. The van der Waals surface area contributed by atoms with Crippen molar-refractivity contribution in [1.29, 1.82) is 0 Å². The summed E-state index contributed by atoms with van der Waals surface area (Å²) in [5.74, 6) is 0. The first-order valence-electron chi connectivity index (χ1n) is 5.42. The van der Waals surface area contributed by atoms with Gasteiger partial charge in [-0.05, 0) is 18.9 Å². The molecule has 1 aliphatic carbocycles. The molecule has 0 saturated heterocycles. The van der Waals surface area contributed by atoms with Crippen LogP contribution in [0.5, 0.6) is 0 Å². The number of rotatable bonds is 4. The van der Waals surface area contributed by atoms with E-state index in [9.17, 15) is 18.0 Å². The van der Waals surface area contributed by atoms with Crippen LogP contribution in [-0.2, 0) is 6.54 Å². The monoisotopic (exact) mass is 246 g/mol. The Hall–Kier alpha value is -1.30. The van der Waals surface area contributed by atoms with Crippen molar-refractivity contribution in [2.45, 2.75) is 31.1 Å². The molecule has 1 aliphatic rings. The normalized spacial score (nSPS) is 18.1. The van der Waals surface area contributed by atoms with Gasteiger partial charge in [-0.1, -0.05) is 6.07 Å². The molecule has 1 aromatic heterocycles. The SMILES string of the molecule is O=c1ccccn1CCNC1(C(F)(F)F)CC1. The third-order valence-electron chi connectivity index (χ3n) is 3.01. The molecule has 3 nitrogen and oxygen atoms in total. The molecular formula is C11H13F3N2O. The van der Waals surface area contributed by atoms with Crippen LogP contribution in [0.25, 0.3) is 0 Å². The first-order chi connectivity index (χ1) is 7.95. The molecule has 0 aliphatic heterocycles. The van der Waals surface area contributed by atoms with Crippen LogP contribution in [0.3, 0.4) is 0 Å². The van der Waals surface area contributed by atoms with Crippen LogP contribution in [0.1, 0.15) is 12.8 Å². The average Bonchev–Trinajstić information content (AvgIpc) is 3.01. The fourth-order valence-electron chi connectivity index (χ4n) is 1.75. The van der Waals surface area contributed by atoms with Crippen LogP contribution in [0, 0.1) is 0 Å². The summed E-state index contributed by atoms with van der Waals surface area (Å²) in [5.41, 5.74) is -1.91. The second kappa shape index (κ2) is 4.18. The maximum atomic E-state index is 12.6. The van der Waals surface area contributed by atoms with E-state index < -0.39 is 11.7 Å². The zero-order chi connectivity index (χ0) is 12.5. The van der Waals surface area contributed by atoms with E-state index in [0.717, 1.165) is 0 Å². The molecule has 0 bridgehead atoms. The van der Waals surface area contributed by atoms with Gasteiger partial charge in [0.15, 0.2) is 0 Å². The summed E-state index contributed by atoms with van der Waals surface area (Å²) in [4.78, 5) is 11.3. The number of nitrogens with one attached hydrogen (secondary N) is 1. The molecule has 0 atom stereocenters. The minimum atomic E-state index is -4.20. The number of aromatic nitrogens is 1. The van der Waals surface area contributed by atoms with Gasteiger partial charge in [0.2, 0.25) is 0 Å². The van der Waals surface area contributed by atoms with Crippen molar-refractivity contribution in [1.82, 2.24) is 9.88 Å². The minimum absolute atomic E-state index is 0.125. The van der Waals surface area contributed by atoms with Crippen molar-refractivity contribution in [2.24, 2.45) is 0 Å². The van der Waals surface area contributed by atoms with Crippen molar-refractivity contribution < 1.29 is 13.2 Å². The number of hydrogen-bond acceptors (Lipinski definition) is 2. The van der Waals surface area contributed by atoms with E-state index in [1.165, 1.54) is 10.6 Å². The maximum Gasteiger partial charge on any atom is 0.406 e. The molecular weight excluding hydrogens is 233 g/mol. The quantitative estimate of drug-likeness (QED) is 0.874. The van der Waals surface area contributed by atoms with Gasteiger partial charge < -0.3 is 9.88 Å². The van der Waals surface area contributed by atoms with Gasteiger partial charge in [-0.25, -0.2) is 0 Å². The van der Waals surface area contributed by atoms with Crippen LogP contribution in [0.2, 0.25) is 0 Å². The highest BCUT2D eigenvalue weighted by atomic mass is 19.4. The first kappa shape index (κ1) is 12.2. The second-order valence-electron chi connectivity index (χ2n) is 4.24. The Morgan fingerprint density at radius 1 is 1.35 bits per heavy atom. The van der Waals surface area contributed by atoms with E-state index in [2.05, 4.69) is 5.32 Å². The lowest BCUT2D eigenvalue weighted by Gasteiger charge is -2.20. The molecule has 17 heavy (non-hydrogen) atoms. The largest absolute Gasteiger partial charge is 0.406 e. The van der Waals surface area contributed by atoms with Gasteiger partial charge >= 0.3 is 6.18 Å². The molecule has 0 unspecified atom stereocenters. The summed E-state index contributed by atoms with van der Waals surface area (Å²) >= 11 is 0. The van der Waals surface area contributed by atoms with Crippen molar-refractivity contribution in [3.8, 4) is 0 Å². The minimum Gasteiger partial charge on any atom is -0.314 e. The Morgan fingerprint density at radius 3 is 2.59 bits per heavy atom. The maximum absolute atomic E-state index is 12.6. The third-order valence-corrected chi connectivity index (χ3v) is 3.01. The van der Waals surface area contributed by atoms with Crippen molar-refractivity contribution in [2.75, 3.05) is 6.54 Å². The third kappa shape index (κ3) is 2.52. The lowest BCUT2D eigenvalue weighted by molar-refractivity contribution is -0.165. The van der Waals surface area contributed by atoms with Crippen molar-refractivity contribution in [3.05, 3.63) is 34.7 Å². The van der Waals surface area contributed by atoms with E-state index in [0.29, 0.717) is 0 Å². The number of alkyl halides is 3. The van der Waals surface area contributed by atoms with E-state index in [1.807, 2.05) is 0 Å².